The van der Waals surface area contributed by atoms with Gasteiger partial charge in [-0.05, 0) is 25.9 Å². The van der Waals surface area contributed by atoms with Crippen molar-refractivity contribution in [1.82, 2.24) is 19.6 Å². The first kappa shape index (κ1) is 32.6. The first-order valence-corrected chi connectivity index (χ1v) is 8.86. The number of nitrogens with zero attached hydrogens (tertiary/aromatic N) is 4. The Hall–Kier alpha value is -0.0600. The molecule has 2 saturated heterocycles. The van der Waals surface area contributed by atoms with Gasteiger partial charge in [-0.3, -0.25) is 19.4 Å². The van der Waals surface area contributed by atoms with Gasteiger partial charge in [0.15, 0.2) is 0 Å². The van der Waals surface area contributed by atoms with E-state index in [1.54, 1.807) is 0 Å². The maximum atomic E-state index is 11.0. The minimum Gasteiger partial charge on any atom is -0.480 e. The normalized spacial score (nSPS) is 24.3. The van der Waals surface area contributed by atoms with Gasteiger partial charge in [-0.1, -0.05) is 0 Å². The van der Waals surface area contributed by atoms with E-state index in [0.717, 1.165) is 78.3 Å². The molecule has 28 heavy (non-hydrogen) atoms. The van der Waals surface area contributed by atoms with Crippen molar-refractivity contribution in [3.05, 3.63) is 0 Å². The van der Waals surface area contributed by atoms with Crippen LogP contribution >= 0.6 is 49.6 Å². The Labute approximate surface area is 192 Å². The third kappa shape index (κ3) is 13.2. The predicted octanol–water partition coefficient (Wildman–Crippen LogP) is 0.858. The summed E-state index contributed by atoms with van der Waals surface area (Å²) in [5.41, 5.74) is 0. The molecule has 0 radical (unpaired) electrons. The third-order valence-electron chi connectivity index (χ3n) is 4.81. The van der Waals surface area contributed by atoms with Crippen molar-refractivity contribution in [2.75, 3.05) is 78.5 Å². The van der Waals surface area contributed by atoms with Crippen LogP contribution in [0.1, 0.15) is 12.8 Å². The maximum Gasteiger partial charge on any atom is 0.317 e. The van der Waals surface area contributed by atoms with Crippen LogP contribution in [0.25, 0.3) is 0 Å². The highest BCUT2D eigenvalue weighted by atomic mass is 35.5. The SMILES string of the molecule is Cl.Cl.Cl.Cl.O=C(O)CN1CCCN2CCN(CCCN(CC(=O)O)CC2)CC1. The molecule has 2 aliphatic heterocycles. The van der Waals surface area contributed by atoms with Crippen molar-refractivity contribution in [3.8, 4) is 0 Å². The molecule has 2 N–H and O–H groups in total. The fourth-order valence-electron chi connectivity index (χ4n) is 3.48. The summed E-state index contributed by atoms with van der Waals surface area (Å²) in [5.74, 6) is -1.53. The van der Waals surface area contributed by atoms with Crippen LogP contribution in [0, 0.1) is 0 Å². The standard InChI is InChI=1S/C16H30N4O4.4ClH/c21-15(22)13-19-5-1-3-17-7-8-18(10-11-19)4-2-6-20(12-9-17)14-16(23)24;;;;/h1-14H2,(H,21,22)(H,23,24);4*1H. The third-order valence-corrected chi connectivity index (χ3v) is 4.81. The molecule has 2 heterocycles. The van der Waals surface area contributed by atoms with Crippen LogP contribution in [0.4, 0.5) is 0 Å². The van der Waals surface area contributed by atoms with Crippen LogP contribution in [-0.2, 0) is 9.59 Å². The lowest BCUT2D eigenvalue weighted by molar-refractivity contribution is -0.139. The highest BCUT2D eigenvalue weighted by Gasteiger charge is 2.19. The number of hydrogen-bond acceptors (Lipinski definition) is 6. The van der Waals surface area contributed by atoms with Gasteiger partial charge in [-0.2, -0.15) is 0 Å². The second kappa shape index (κ2) is 17.8. The second-order valence-electron chi connectivity index (χ2n) is 6.73. The van der Waals surface area contributed by atoms with Gasteiger partial charge in [0.1, 0.15) is 0 Å². The summed E-state index contributed by atoms with van der Waals surface area (Å²) < 4.78 is 0. The molecule has 2 rings (SSSR count). The molecule has 12 heteroatoms. The van der Waals surface area contributed by atoms with E-state index in [0.29, 0.717) is 0 Å². The molecule has 2 atom stereocenters. The minimum absolute atomic E-state index is 0. The summed E-state index contributed by atoms with van der Waals surface area (Å²) in [6, 6.07) is 0. The Balaban J connectivity index is -0.00000156. The monoisotopic (exact) mass is 486 g/mol. The van der Waals surface area contributed by atoms with Crippen molar-refractivity contribution in [3.63, 3.8) is 0 Å². The molecule has 0 aromatic rings. The van der Waals surface area contributed by atoms with E-state index in [2.05, 4.69) is 9.80 Å². The predicted molar refractivity (Wildman–Crippen MR) is 119 cm³/mol. The molecule has 0 saturated carbocycles. The van der Waals surface area contributed by atoms with E-state index in [-0.39, 0.29) is 62.7 Å². The zero-order chi connectivity index (χ0) is 17.4. The molecule has 2 bridgehead atoms. The first-order chi connectivity index (χ1) is 11.5. The van der Waals surface area contributed by atoms with Crippen LogP contribution in [-0.4, -0.2) is 120 Å². The zero-order valence-electron chi connectivity index (χ0n) is 16.0. The lowest BCUT2D eigenvalue weighted by Gasteiger charge is -2.35. The topological polar surface area (TPSA) is 87.6 Å². The highest BCUT2D eigenvalue weighted by molar-refractivity contribution is 5.86. The average molecular weight is 488 g/mol. The molecule has 0 aromatic carbocycles. The molecule has 0 aromatic heterocycles. The summed E-state index contributed by atoms with van der Waals surface area (Å²) >= 11 is 0. The Bertz CT molecular complexity index is 399. The van der Waals surface area contributed by atoms with E-state index in [4.69, 9.17) is 10.2 Å². The largest absolute Gasteiger partial charge is 0.480 e. The summed E-state index contributed by atoms with van der Waals surface area (Å²) in [4.78, 5) is 30.8. The number of carboxylic acid groups (broad SMARTS) is 2. The number of carbonyl (C=O) groups is 2. The molecule has 8 nitrogen and oxygen atoms in total. The molecule has 2 unspecified atom stereocenters. The number of fused-ring (bicyclic) bond motifs is 3. The van der Waals surface area contributed by atoms with Gasteiger partial charge in [0.25, 0.3) is 0 Å². The fourth-order valence-corrected chi connectivity index (χ4v) is 3.48. The summed E-state index contributed by atoms with van der Waals surface area (Å²) in [7, 11) is 0. The molecule has 0 aliphatic carbocycles. The van der Waals surface area contributed by atoms with Crippen LogP contribution in [0.15, 0.2) is 0 Å². The van der Waals surface area contributed by atoms with Crippen molar-refractivity contribution in [2.24, 2.45) is 0 Å². The molecule has 170 valence electrons. The summed E-state index contributed by atoms with van der Waals surface area (Å²) in [5, 5.41) is 18.1. The molecule has 0 amide bonds. The van der Waals surface area contributed by atoms with Gasteiger partial charge in [0.2, 0.25) is 0 Å². The second-order valence-corrected chi connectivity index (χ2v) is 6.73. The van der Waals surface area contributed by atoms with Crippen LogP contribution in [0.2, 0.25) is 0 Å². The van der Waals surface area contributed by atoms with Gasteiger partial charge in [0, 0.05) is 52.4 Å². The van der Waals surface area contributed by atoms with E-state index >= 15 is 0 Å². The van der Waals surface area contributed by atoms with Gasteiger partial charge in [-0.15, -0.1) is 49.6 Å². The molecule has 0 spiro atoms. The van der Waals surface area contributed by atoms with Crippen LogP contribution in [0.3, 0.4) is 0 Å². The lowest BCUT2D eigenvalue weighted by Crippen LogP contribution is -2.48. The van der Waals surface area contributed by atoms with Gasteiger partial charge >= 0.3 is 11.9 Å². The molecule has 2 fully saturated rings. The summed E-state index contributed by atoms with van der Waals surface area (Å²) in [6.07, 6.45) is 1.90. The van der Waals surface area contributed by atoms with Gasteiger partial charge in [0.05, 0.1) is 13.1 Å². The molecular formula is C16H34Cl4N4O4. The number of rotatable bonds is 4. The molecule has 2 aliphatic rings. The van der Waals surface area contributed by atoms with E-state index < -0.39 is 11.9 Å². The number of aliphatic carboxylic acids is 2. The Morgan fingerprint density at radius 3 is 1.18 bits per heavy atom. The minimum atomic E-state index is -0.763. The Morgan fingerprint density at radius 1 is 0.536 bits per heavy atom. The Kier molecular flexibility index (Phi) is 20.7. The first-order valence-electron chi connectivity index (χ1n) is 8.86. The fraction of sp³-hybridized carbons (Fsp3) is 0.875. The average Bonchev–Trinajstić information content (AvgIpc) is 2.51. The number of carboxylic acids is 2. The lowest BCUT2D eigenvalue weighted by atomic mass is 10.2. The van der Waals surface area contributed by atoms with E-state index in [1.165, 1.54) is 0 Å². The zero-order valence-corrected chi connectivity index (χ0v) is 19.3. The van der Waals surface area contributed by atoms with Gasteiger partial charge < -0.3 is 20.0 Å². The van der Waals surface area contributed by atoms with Crippen molar-refractivity contribution >= 4 is 61.6 Å². The molecular weight excluding hydrogens is 454 g/mol. The van der Waals surface area contributed by atoms with E-state index in [9.17, 15) is 9.59 Å². The Morgan fingerprint density at radius 2 is 0.857 bits per heavy atom. The quantitative estimate of drug-likeness (QED) is 0.603. The smallest absolute Gasteiger partial charge is 0.317 e. The van der Waals surface area contributed by atoms with Gasteiger partial charge in [-0.25, -0.2) is 0 Å². The van der Waals surface area contributed by atoms with Crippen LogP contribution < -0.4 is 0 Å². The number of halogens is 4. The highest BCUT2D eigenvalue weighted by Crippen LogP contribution is 2.06. The maximum absolute atomic E-state index is 11.0. The van der Waals surface area contributed by atoms with Crippen LogP contribution in [0.5, 0.6) is 0 Å². The van der Waals surface area contributed by atoms with Crippen molar-refractivity contribution in [1.29, 1.82) is 0 Å². The van der Waals surface area contributed by atoms with Crippen molar-refractivity contribution < 1.29 is 19.8 Å². The summed E-state index contributed by atoms with van der Waals surface area (Å²) in [6.45, 7) is 9.01. The van der Waals surface area contributed by atoms with Crippen molar-refractivity contribution in [2.45, 2.75) is 12.8 Å². The number of hydrogen-bond donors (Lipinski definition) is 2. The van der Waals surface area contributed by atoms with E-state index in [1.807, 2.05) is 9.80 Å².